The van der Waals surface area contributed by atoms with E-state index in [-0.39, 0.29) is 17.3 Å². The smallest absolute Gasteiger partial charge is 0.255 e. The Balaban J connectivity index is 1.86. The summed E-state index contributed by atoms with van der Waals surface area (Å²) in [6, 6.07) is 20.8. The van der Waals surface area contributed by atoms with Crippen LogP contribution in [0.25, 0.3) is 0 Å². The van der Waals surface area contributed by atoms with Crippen LogP contribution in [-0.4, -0.2) is 32.3 Å². The van der Waals surface area contributed by atoms with Crippen LogP contribution in [0, 0.1) is 6.92 Å². The molecule has 0 radical (unpaired) electrons. The molecule has 0 fully saturated rings. The first-order chi connectivity index (χ1) is 14.8. The van der Waals surface area contributed by atoms with E-state index in [4.69, 9.17) is 4.74 Å². The molecule has 0 saturated heterocycles. The Hall–Kier alpha value is -3.16. The number of nitrogens with zero attached hydrogens (tertiary/aromatic N) is 1. The number of sulfonamides is 1. The fraction of sp³-hybridized carbons (Fsp3) is 0.208. The number of amides is 1. The topological polar surface area (TPSA) is 75.7 Å². The van der Waals surface area contributed by atoms with Crippen molar-refractivity contribution >= 4 is 21.6 Å². The lowest BCUT2D eigenvalue weighted by molar-refractivity contribution is 0.102. The van der Waals surface area contributed by atoms with Crippen molar-refractivity contribution in [1.29, 1.82) is 0 Å². The van der Waals surface area contributed by atoms with Crippen LogP contribution >= 0.6 is 0 Å². The lowest BCUT2D eigenvalue weighted by Crippen LogP contribution is -2.27. The summed E-state index contributed by atoms with van der Waals surface area (Å²) in [6.07, 6.45) is 0. The van der Waals surface area contributed by atoms with Gasteiger partial charge in [0.25, 0.3) is 5.91 Å². The van der Waals surface area contributed by atoms with Gasteiger partial charge in [0.1, 0.15) is 5.75 Å². The number of carbonyl (C=O) groups excluding carboxylic acids is 1. The summed E-state index contributed by atoms with van der Waals surface area (Å²) in [7, 11) is -2.17. The molecule has 3 rings (SSSR count). The number of benzene rings is 3. The summed E-state index contributed by atoms with van der Waals surface area (Å²) < 4.78 is 32.7. The number of rotatable bonds is 8. The third-order valence-electron chi connectivity index (χ3n) is 4.78. The maximum Gasteiger partial charge on any atom is 0.255 e. The van der Waals surface area contributed by atoms with Gasteiger partial charge in [0.05, 0.1) is 11.5 Å². The zero-order valence-electron chi connectivity index (χ0n) is 17.8. The minimum Gasteiger partial charge on any atom is -0.494 e. The summed E-state index contributed by atoms with van der Waals surface area (Å²) >= 11 is 0. The van der Waals surface area contributed by atoms with Gasteiger partial charge in [-0.25, -0.2) is 8.42 Å². The quantitative estimate of drug-likeness (QED) is 0.563. The molecule has 0 aromatic heterocycles. The van der Waals surface area contributed by atoms with Crippen LogP contribution in [0.3, 0.4) is 0 Å². The van der Waals surface area contributed by atoms with E-state index in [2.05, 4.69) is 5.32 Å². The van der Waals surface area contributed by atoms with Crippen molar-refractivity contribution < 1.29 is 17.9 Å². The van der Waals surface area contributed by atoms with Crippen molar-refractivity contribution in [3.63, 3.8) is 0 Å². The van der Waals surface area contributed by atoms with Gasteiger partial charge in [0.2, 0.25) is 10.0 Å². The van der Waals surface area contributed by atoms with E-state index in [0.29, 0.717) is 29.2 Å². The maximum absolute atomic E-state index is 12.9. The second-order valence-electron chi connectivity index (χ2n) is 7.15. The first-order valence-electron chi connectivity index (χ1n) is 9.96. The number of nitrogens with one attached hydrogen (secondary N) is 1. The van der Waals surface area contributed by atoms with Gasteiger partial charge >= 0.3 is 0 Å². The maximum atomic E-state index is 12.9. The average Bonchev–Trinajstić information content (AvgIpc) is 2.77. The second-order valence-corrected chi connectivity index (χ2v) is 9.19. The van der Waals surface area contributed by atoms with E-state index in [9.17, 15) is 13.2 Å². The number of aryl methyl sites for hydroxylation is 1. The van der Waals surface area contributed by atoms with E-state index >= 15 is 0 Å². The van der Waals surface area contributed by atoms with E-state index in [0.717, 1.165) is 5.56 Å². The van der Waals surface area contributed by atoms with Gasteiger partial charge in [-0.3, -0.25) is 4.79 Å². The molecule has 0 unspecified atom stereocenters. The highest BCUT2D eigenvalue weighted by Gasteiger charge is 2.22. The van der Waals surface area contributed by atoms with Gasteiger partial charge < -0.3 is 10.1 Å². The van der Waals surface area contributed by atoms with Crippen LogP contribution in [0.2, 0.25) is 0 Å². The predicted octanol–water partition coefficient (Wildman–Crippen LogP) is 4.47. The molecule has 3 aromatic rings. The Morgan fingerprint density at radius 3 is 2.32 bits per heavy atom. The van der Waals surface area contributed by atoms with Crippen LogP contribution in [0.1, 0.15) is 28.4 Å². The van der Waals surface area contributed by atoms with Crippen LogP contribution < -0.4 is 10.1 Å². The molecule has 7 heteroatoms. The van der Waals surface area contributed by atoms with E-state index < -0.39 is 10.0 Å². The molecule has 0 atom stereocenters. The lowest BCUT2D eigenvalue weighted by atomic mass is 10.1. The van der Waals surface area contributed by atoms with Crippen LogP contribution in [0.15, 0.2) is 77.7 Å². The lowest BCUT2D eigenvalue weighted by Gasteiger charge is -2.20. The Bertz CT molecular complexity index is 1140. The Kier molecular flexibility index (Phi) is 7.09. The number of ether oxygens (including phenoxy) is 1. The molecule has 0 spiro atoms. The van der Waals surface area contributed by atoms with Crippen LogP contribution in [0.5, 0.6) is 5.75 Å². The molecule has 31 heavy (non-hydrogen) atoms. The van der Waals surface area contributed by atoms with Gasteiger partial charge in [-0.05, 0) is 56.3 Å². The van der Waals surface area contributed by atoms with Gasteiger partial charge in [0, 0.05) is 30.4 Å². The Morgan fingerprint density at radius 2 is 1.68 bits per heavy atom. The minimum absolute atomic E-state index is 0.0677. The second kappa shape index (κ2) is 9.76. The number of hydrogen-bond donors (Lipinski definition) is 1. The summed E-state index contributed by atoms with van der Waals surface area (Å²) in [4.78, 5) is 13.0. The van der Waals surface area contributed by atoms with Crippen molar-refractivity contribution in [2.45, 2.75) is 25.3 Å². The fourth-order valence-corrected chi connectivity index (χ4v) is 4.25. The Morgan fingerprint density at radius 1 is 1.00 bits per heavy atom. The average molecular weight is 439 g/mol. The molecular formula is C24H26N2O4S. The molecule has 0 aliphatic heterocycles. The molecule has 0 saturated carbocycles. The van der Waals surface area contributed by atoms with Crippen molar-refractivity contribution in [2.75, 3.05) is 19.0 Å². The van der Waals surface area contributed by atoms with Crippen molar-refractivity contribution in [3.05, 3.63) is 89.5 Å². The summed E-state index contributed by atoms with van der Waals surface area (Å²) in [5.41, 5.74) is 2.82. The fourth-order valence-electron chi connectivity index (χ4n) is 3.08. The van der Waals surface area contributed by atoms with E-state index in [1.54, 1.807) is 48.5 Å². The molecule has 0 aliphatic rings. The van der Waals surface area contributed by atoms with Crippen LogP contribution in [-0.2, 0) is 16.6 Å². The number of anilines is 1. The molecule has 6 nitrogen and oxygen atoms in total. The minimum atomic E-state index is -3.68. The number of carbonyl (C=O) groups is 1. The normalized spacial score (nSPS) is 11.4. The summed E-state index contributed by atoms with van der Waals surface area (Å²) in [6.45, 7) is 4.33. The molecule has 0 aliphatic carbocycles. The zero-order valence-corrected chi connectivity index (χ0v) is 18.6. The molecular weight excluding hydrogens is 412 g/mol. The van der Waals surface area contributed by atoms with Crippen LogP contribution in [0.4, 0.5) is 5.69 Å². The van der Waals surface area contributed by atoms with E-state index in [1.807, 2.05) is 38.1 Å². The van der Waals surface area contributed by atoms with E-state index in [1.165, 1.54) is 11.4 Å². The standard InChI is InChI=1S/C24H26N2O4S/c1-4-30-23-15-12-19(24(27)25-21-13-10-18(2)11-14-21)16-20(23)17-26(3)31(28,29)22-8-6-5-7-9-22/h5-16H,4,17H2,1-3H3,(H,25,27). The van der Waals surface area contributed by atoms with Crippen molar-refractivity contribution in [1.82, 2.24) is 4.31 Å². The van der Waals surface area contributed by atoms with Gasteiger partial charge in [-0.15, -0.1) is 0 Å². The largest absolute Gasteiger partial charge is 0.494 e. The molecule has 3 aromatic carbocycles. The first kappa shape index (κ1) is 22.5. The molecule has 1 amide bonds. The predicted molar refractivity (Wildman–Crippen MR) is 122 cm³/mol. The molecule has 0 bridgehead atoms. The Labute approximate surface area is 183 Å². The molecule has 0 heterocycles. The summed E-state index contributed by atoms with van der Waals surface area (Å²) in [5, 5.41) is 2.86. The van der Waals surface area contributed by atoms with Crippen molar-refractivity contribution in [2.24, 2.45) is 0 Å². The highest BCUT2D eigenvalue weighted by Crippen LogP contribution is 2.25. The third kappa shape index (κ3) is 5.51. The monoisotopic (exact) mass is 438 g/mol. The zero-order chi connectivity index (χ0) is 22.4. The first-order valence-corrected chi connectivity index (χ1v) is 11.4. The number of hydrogen-bond acceptors (Lipinski definition) is 4. The SMILES string of the molecule is CCOc1ccc(C(=O)Nc2ccc(C)cc2)cc1CN(C)S(=O)(=O)c1ccccc1. The van der Waals surface area contributed by atoms with Gasteiger partial charge in [-0.1, -0.05) is 35.9 Å². The van der Waals surface area contributed by atoms with Crippen molar-refractivity contribution in [3.8, 4) is 5.75 Å². The molecule has 1 N–H and O–H groups in total. The third-order valence-corrected chi connectivity index (χ3v) is 6.59. The highest BCUT2D eigenvalue weighted by molar-refractivity contribution is 7.89. The highest BCUT2D eigenvalue weighted by atomic mass is 32.2. The molecule has 162 valence electrons. The summed E-state index contributed by atoms with van der Waals surface area (Å²) in [5.74, 6) is 0.270. The van der Waals surface area contributed by atoms with Gasteiger partial charge in [0.15, 0.2) is 0 Å². The van der Waals surface area contributed by atoms with Gasteiger partial charge in [-0.2, -0.15) is 4.31 Å².